The molecule has 0 radical (unpaired) electrons. The van der Waals surface area contributed by atoms with Gasteiger partial charge in [0.05, 0.1) is 5.69 Å². The van der Waals surface area contributed by atoms with Crippen molar-refractivity contribution in [3.8, 4) is 0 Å². The molecule has 4 nitrogen and oxygen atoms in total. The van der Waals surface area contributed by atoms with E-state index in [0.29, 0.717) is 6.04 Å². The molecule has 0 aliphatic carbocycles. The van der Waals surface area contributed by atoms with E-state index >= 15 is 0 Å². The van der Waals surface area contributed by atoms with Crippen molar-refractivity contribution in [1.29, 1.82) is 0 Å². The van der Waals surface area contributed by atoms with Crippen LogP contribution in [-0.4, -0.2) is 28.6 Å². The lowest BCUT2D eigenvalue weighted by molar-refractivity contribution is 0.211. The monoisotopic (exact) mass is 325 g/mol. The van der Waals surface area contributed by atoms with Crippen molar-refractivity contribution in [2.75, 3.05) is 18.4 Å². The largest absolute Gasteiger partial charge is 0.381 e. The Hall–Kier alpha value is -2.07. The summed E-state index contributed by atoms with van der Waals surface area (Å²) in [7, 11) is 0. The number of benzene rings is 1. The first-order valence-corrected chi connectivity index (χ1v) is 8.98. The smallest absolute Gasteiger partial charge is 0.250 e. The Bertz CT molecular complexity index is 688. The van der Waals surface area contributed by atoms with E-state index in [1.165, 1.54) is 5.56 Å². The molecule has 4 heteroatoms. The highest BCUT2D eigenvalue weighted by Crippen LogP contribution is 2.17. The Labute approximate surface area is 144 Å². The number of likely N-dealkylation sites (tertiary alicyclic amines) is 1. The van der Waals surface area contributed by atoms with Gasteiger partial charge in [-0.2, -0.15) is 0 Å². The van der Waals surface area contributed by atoms with Crippen LogP contribution >= 0.6 is 0 Å². The summed E-state index contributed by atoms with van der Waals surface area (Å²) in [5.74, 6) is 0. The first-order chi connectivity index (χ1) is 11.7. The average molecular weight is 325 g/mol. The maximum Gasteiger partial charge on any atom is 0.250 e. The third kappa shape index (κ3) is 4.48. The van der Waals surface area contributed by atoms with Gasteiger partial charge in [0.2, 0.25) is 0 Å². The van der Waals surface area contributed by atoms with Crippen LogP contribution in [0.2, 0.25) is 0 Å². The van der Waals surface area contributed by atoms with Gasteiger partial charge in [0.1, 0.15) is 0 Å². The van der Waals surface area contributed by atoms with Crippen molar-refractivity contribution in [2.45, 2.75) is 45.3 Å². The van der Waals surface area contributed by atoms with E-state index in [2.05, 4.69) is 47.5 Å². The number of nitrogens with zero attached hydrogens (tertiary/aromatic N) is 2. The Morgan fingerprint density at radius 1 is 1.08 bits per heavy atom. The van der Waals surface area contributed by atoms with Gasteiger partial charge in [-0.25, -0.2) is 0 Å². The molecule has 1 N–H and O–H groups in total. The summed E-state index contributed by atoms with van der Waals surface area (Å²) < 4.78 is 1.80. The molecule has 128 valence electrons. The summed E-state index contributed by atoms with van der Waals surface area (Å²) in [6, 6.07) is 14.7. The molecule has 24 heavy (non-hydrogen) atoms. The number of nitrogens with one attached hydrogen (secondary N) is 1. The maximum absolute atomic E-state index is 11.8. The van der Waals surface area contributed by atoms with E-state index in [9.17, 15) is 4.79 Å². The molecule has 0 bridgehead atoms. The third-order valence-electron chi connectivity index (χ3n) is 4.66. The fraction of sp³-hybridized carbons (Fsp3) is 0.450. The molecule has 0 spiro atoms. The minimum absolute atomic E-state index is 0.0834. The molecular weight excluding hydrogens is 298 g/mol. The second kappa shape index (κ2) is 8.15. The van der Waals surface area contributed by atoms with Gasteiger partial charge >= 0.3 is 0 Å². The van der Waals surface area contributed by atoms with Crippen LogP contribution in [0.25, 0.3) is 0 Å². The van der Waals surface area contributed by atoms with Gasteiger partial charge in [-0.1, -0.05) is 37.3 Å². The Kier molecular flexibility index (Phi) is 5.70. The normalized spacial score (nSPS) is 16.2. The van der Waals surface area contributed by atoms with Crippen molar-refractivity contribution in [2.24, 2.45) is 0 Å². The Balaban J connectivity index is 1.52. The predicted octanol–water partition coefficient (Wildman–Crippen LogP) is 3.33. The number of aromatic nitrogens is 1. The van der Waals surface area contributed by atoms with Gasteiger partial charge in [-0.05, 0) is 30.9 Å². The first kappa shape index (κ1) is 16.8. The number of hydrogen-bond donors (Lipinski definition) is 1. The number of rotatable bonds is 6. The molecule has 2 aromatic rings. The van der Waals surface area contributed by atoms with Crippen LogP contribution in [0.5, 0.6) is 0 Å². The minimum atomic E-state index is 0.0834. The topological polar surface area (TPSA) is 37.3 Å². The number of anilines is 1. The Morgan fingerprint density at radius 2 is 1.83 bits per heavy atom. The van der Waals surface area contributed by atoms with E-state index in [-0.39, 0.29) is 5.56 Å². The highest BCUT2D eigenvalue weighted by Gasteiger charge is 2.19. The fourth-order valence-electron chi connectivity index (χ4n) is 3.35. The summed E-state index contributed by atoms with van der Waals surface area (Å²) in [5, 5.41) is 3.60. The van der Waals surface area contributed by atoms with E-state index in [0.717, 1.165) is 51.1 Å². The zero-order valence-corrected chi connectivity index (χ0v) is 14.4. The highest BCUT2D eigenvalue weighted by molar-refractivity contribution is 5.41. The van der Waals surface area contributed by atoms with Crippen molar-refractivity contribution < 1.29 is 0 Å². The molecule has 1 saturated heterocycles. The second-order valence-electron chi connectivity index (χ2n) is 6.63. The molecule has 1 aromatic carbocycles. The minimum Gasteiger partial charge on any atom is -0.381 e. The number of piperidine rings is 1. The van der Waals surface area contributed by atoms with Crippen LogP contribution in [0.1, 0.15) is 31.7 Å². The standard InChI is InChI=1S/C20H27N3O/c1-2-12-23-16-19(8-9-20(23)24)21-18-10-13-22(14-11-18)15-17-6-4-3-5-7-17/h3-9,16,18,21H,2,10-15H2,1H3. The van der Waals surface area contributed by atoms with Crippen molar-refractivity contribution in [3.63, 3.8) is 0 Å². The Morgan fingerprint density at radius 3 is 2.54 bits per heavy atom. The van der Waals surface area contributed by atoms with Gasteiger partial charge in [0.25, 0.3) is 5.56 Å². The maximum atomic E-state index is 11.8. The molecule has 1 aliphatic rings. The van der Waals surface area contributed by atoms with E-state index < -0.39 is 0 Å². The lowest BCUT2D eigenvalue weighted by atomic mass is 10.0. The lowest BCUT2D eigenvalue weighted by Gasteiger charge is -2.33. The van der Waals surface area contributed by atoms with Crippen molar-refractivity contribution in [1.82, 2.24) is 9.47 Å². The molecule has 3 rings (SSSR count). The second-order valence-corrected chi connectivity index (χ2v) is 6.63. The third-order valence-corrected chi connectivity index (χ3v) is 4.66. The molecule has 1 aliphatic heterocycles. The van der Waals surface area contributed by atoms with Crippen LogP contribution in [0.3, 0.4) is 0 Å². The fourth-order valence-corrected chi connectivity index (χ4v) is 3.35. The van der Waals surface area contributed by atoms with Gasteiger partial charge in [-0.3, -0.25) is 9.69 Å². The summed E-state index contributed by atoms with van der Waals surface area (Å²) in [6.07, 6.45) is 5.21. The summed E-state index contributed by atoms with van der Waals surface area (Å²) in [5.41, 5.74) is 2.53. The van der Waals surface area contributed by atoms with E-state index in [4.69, 9.17) is 0 Å². The van der Waals surface area contributed by atoms with Crippen LogP contribution in [0.15, 0.2) is 53.5 Å². The zero-order valence-electron chi connectivity index (χ0n) is 14.4. The van der Waals surface area contributed by atoms with E-state index in [1.807, 2.05) is 12.3 Å². The van der Waals surface area contributed by atoms with Crippen molar-refractivity contribution in [3.05, 3.63) is 64.6 Å². The van der Waals surface area contributed by atoms with Crippen molar-refractivity contribution >= 4 is 5.69 Å². The van der Waals surface area contributed by atoms with Crippen LogP contribution < -0.4 is 10.9 Å². The number of aryl methyl sites for hydroxylation is 1. The SMILES string of the molecule is CCCn1cc(NC2CCN(Cc3ccccc3)CC2)ccc1=O. The summed E-state index contributed by atoms with van der Waals surface area (Å²) >= 11 is 0. The highest BCUT2D eigenvalue weighted by atomic mass is 16.1. The van der Waals surface area contributed by atoms with Gasteiger partial charge in [0, 0.05) is 44.5 Å². The van der Waals surface area contributed by atoms with Crippen LogP contribution in [0.4, 0.5) is 5.69 Å². The number of hydrogen-bond acceptors (Lipinski definition) is 3. The van der Waals surface area contributed by atoms with Gasteiger partial charge < -0.3 is 9.88 Å². The zero-order chi connectivity index (χ0) is 16.8. The van der Waals surface area contributed by atoms with Crippen LogP contribution in [-0.2, 0) is 13.1 Å². The molecule has 0 saturated carbocycles. The molecule has 1 aromatic heterocycles. The molecule has 1 fully saturated rings. The molecule has 0 amide bonds. The molecule has 0 unspecified atom stereocenters. The number of pyridine rings is 1. The quantitative estimate of drug-likeness (QED) is 0.885. The summed E-state index contributed by atoms with van der Waals surface area (Å²) in [6.45, 7) is 6.14. The first-order valence-electron chi connectivity index (χ1n) is 8.98. The average Bonchev–Trinajstić information content (AvgIpc) is 2.61. The molecular formula is C20H27N3O. The summed E-state index contributed by atoms with van der Waals surface area (Å²) in [4.78, 5) is 14.3. The van der Waals surface area contributed by atoms with Gasteiger partial charge in [-0.15, -0.1) is 0 Å². The predicted molar refractivity (Wildman–Crippen MR) is 99.4 cm³/mol. The van der Waals surface area contributed by atoms with E-state index in [1.54, 1.807) is 10.6 Å². The molecule has 0 atom stereocenters. The van der Waals surface area contributed by atoms with Crippen LogP contribution in [0, 0.1) is 0 Å². The molecule has 2 heterocycles. The van der Waals surface area contributed by atoms with Gasteiger partial charge in [0.15, 0.2) is 0 Å². The lowest BCUT2D eigenvalue weighted by Crippen LogP contribution is -2.38.